The molecule has 0 spiro atoms. The molecule has 78 valence electrons. The highest BCUT2D eigenvalue weighted by Crippen LogP contribution is 2.23. The zero-order valence-electron chi connectivity index (χ0n) is 7.95. The highest BCUT2D eigenvalue weighted by Gasteiger charge is 2.15. The number of nitriles is 1. The van der Waals surface area contributed by atoms with E-state index in [2.05, 4.69) is 12.6 Å². The molecule has 1 rings (SSSR count). The van der Waals surface area contributed by atoms with Gasteiger partial charge in [-0.3, -0.25) is 0 Å². The van der Waals surface area contributed by atoms with Gasteiger partial charge in [-0.15, -0.1) is 12.6 Å². The van der Waals surface area contributed by atoms with Crippen LogP contribution in [0.1, 0.15) is 22.8 Å². The standard InChI is InChI=1S/C10H8INO2S/c1-2-14-10(13)6-3-4-8(15)7(5-12)9(6)11/h3-4,15H,2H2,1H3. The Labute approximate surface area is 107 Å². The summed E-state index contributed by atoms with van der Waals surface area (Å²) in [6, 6.07) is 5.24. The van der Waals surface area contributed by atoms with Crippen molar-refractivity contribution in [3.05, 3.63) is 26.8 Å². The zero-order valence-corrected chi connectivity index (χ0v) is 11.0. The third-order valence-corrected chi connectivity index (χ3v) is 3.22. The summed E-state index contributed by atoms with van der Waals surface area (Å²) < 4.78 is 5.45. The number of carbonyl (C=O) groups excluding carboxylic acids is 1. The smallest absolute Gasteiger partial charge is 0.339 e. The van der Waals surface area contributed by atoms with Gasteiger partial charge in [0.05, 0.1) is 17.7 Å². The van der Waals surface area contributed by atoms with Crippen LogP contribution in [0.2, 0.25) is 0 Å². The topological polar surface area (TPSA) is 50.1 Å². The molecule has 1 aromatic rings. The predicted molar refractivity (Wildman–Crippen MR) is 67.1 cm³/mol. The minimum absolute atomic E-state index is 0.319. The van der Waals surface area contributed by atoms with Crippen LogP contribution in [0, 0.1) is 14.9 Å². The number of nitrogens with zero attached hydrogens (tertiary/aromatic N) is 1. The van der Waals surface area contributed by atoms with E-state index < -0.39 is 5.97 Å². The number of ether oxygens (including phenoxy) is 1. The molecule has 0 aromatic heterocycles. The third kappa shape index (κ3) is 2.63. The van der Waals surface area contributed by atoms with Crippen molar-refractivity contribution in [1.82, 2.24) is 0 Å². The molecular formula is C10H8INO2S. The Hall–Kier alpha value is -0.740. The Balaban J connectivity index is 3.23. The molecule has 0 heterocycles. The number of hydrogen-bond acceptors (Lipinski definition) is 4. The Kier molecular flexibility index (Phi) is 4.42. The number of esters is 1. The number of thiol groups is 1. The van der Waals surface area contributed by atoms with Gasteiger partial charge in [-0.25, -0.2) is 4.79 Å². The lowest BCUT2D eigenvalue weighted by Gasteiger charge is -2.06. The summed E-state index contributed by atoms with van der Waals surface area (Å²) in [5.74, 6) is -0.410. The maximum Gasteiger partial charge on any atom is 0.339 e. The highest BCUT2D eigenvalue weighted by atomic mass is 127. The second-order valence-corrected chi connectivity index (χ2v) is 4.21. The first-order chi connectivity index (χ1) is 7.11. The van der Waals surface area contributed by atoms with E-state index in [0.29, 0.717) is 26.2 Å². The average molecular weight is 333 g/mol. The van der Waals surface area contributed by atoms with E-state index in [-0.39, 0.29) is 0 Å². The van der Waals surface area contributed by atoms with Crippen LogP contribution in [0.25, 0.3) is 0 Å². The van der Waals surface area contributed by atoms with Crippen molar-refractivity contribution < 1.29 is 9.53 Å². The monoisotopic (exact) mass is 333 g/mol. The fraction of sp³-hybridized carbons (Fsp3) is 0.200. The number of rotatable bonds is 2. The maximum atomic E-state index is 11.5. The van der Waals surface area contributed by atoms with Gasteiger partial charge in [-0.1, -0.05) is 0 Å². The van der Waals surface area contributed by atoms with E-state index in [1.807, 2.05) is 28.7 Å². The molecule has 0 aliphatic heterocycles. The van der Waals surface area contributed by atoms with Crippen molar-refractivity contribution in [2.45, 2.75) is 11.8 Å². The summed E-state index contributed by atoms with van der Waals surface area (Å²) in [6.07, 6.45) is 0. The molecule has 0 N–H and O–H groups in total. The van der Waals surface area contributed by atoms with Crippen LogP contribution in [0.5, 0.6) is 0 Å². The van der Waals surface area contributed by atoms with E-state index in [4.69, 9.17) is 10.00 Å². The number of carbonyl (C=O) groups is 1. The van der Waals surface area contributed by atoms with Crippen molar-refractivity contribution in [3.8, 4) is 6.07 Å². The maximum absolute atomic E-state index is 11.5. The summed E-state index contributed by atoms with van der Waals surface area (Å²) in [4.78, 5) is 12.0. The van der Waals surface area contributed by atoms with Crippen LogP contribution in [0.3, 0.4) is 0 Å². The Morgan fingerprint density at radius 1 is 1.67 bits per heavy atom. The molecule has 5 heteroatoms. The van der Waals surface area contributed by atoms with E-state index in [0.717, 1.165) is 0 Å². The van der Waals surface area contributed by atoms with Crippen LogP contribution >= 0.6 is 35.2 Å². The van der Waals surface area contributed by atoms with E-state index in [1.165, 1.54) is 0 Å². The highest BCUT2D eigenvalue weighted by molar-refractivity contribution is 14.1. The lowest BCUT2D eigenvalue weighted by Crippen LogP contribution is -2.08. The molecule has 0 aliphatic rings. The van der Waals surface area contributed by atoms with Crippen LogP contribution in [-0.4, -0.2) is 12.6 Å². The van der Waals surface area contributed by atoms with Crippen LogP contribution in [0.15, 0.2) is 17.0 Å². The molecule has 0 fully saturated rings. The molecular weight excluding hydrogens is 325 g/mol. The molecule has 0 saturated carbocycles. The molecule has 15 heavy (non-hydrogen) atoms. The minimum atomic E-state index is -0.410. The van der Waals surface area contributed by atoms with E-state index in [9.17, 15) is 4.79 Å². The van der Waals surface area contributed by atoms with E-state index in [1.54, 1.807) is 19.1 Å². The van der Waals surface area contributed by atoms with Crippen molar-refractivity contribution in [2.24, 2.45) is 0 Å². The Bertz CT molecular complexity index is 440. The van der Waals surface area contributed by atoms with Gasteiger partial charge in [-0.05, 0) is 41.6 Å². The summed E-state index contributed by atoms with van der Waals surface area (Å²) in [7, 11) is 0. The Morgan fingerprint density at radius 3 is 2.87 bits per heavy atom. The second-order valence-electron chi connectivity index (χ2n) is 2.65. The van der Waals surface area contributed by atoms with Crippen molar-refractivity contribution >= 4 is 41.2 Å². The SMILES string of the molecule is CCOC(=O)c1ccc(S)c(C#N)c1I. The summed E-state index contributed by atoms with van der Waals surface area (Å²) in [5.41, 5.74) is 0.816. The fourth-order valence-corrected chi connectivity index (χ4v) is 2.30. The van der Waals surface area contributed by atoms with Gasteiger partial charge in [0.1, 0.15) is 6.07 Å². The second kappa shape index (κ2) is 5.37. The molecule has 1 aromatic carbocycles. The van der Waals surface area contributed by atoms with Crippen molar-refractivity contribution in [3.63, 3.8) is 0 Å². The molecule has 0 amide bonds. The predicted octanol–water partition coefficient (Wildman–Crippen LogP) is 2.63. The first-order valence-electron chi connectivity index (χ1n) is 4.20. The summed E-state index contributed by atoms with van der Waals surface area (Å²) >= 11 is 6.09. The lowest BCUT2D eigenvalue weighted by molar-refractivity contribution is 0.0525. The van der Waals surface area contributed by atoms with Gasteiger partial charge in [0.25, 0.3) is 0 Å². The fourth-order valence-electron chi connectivity index (χ4n) is 1.04. The lowest BCUT2D eigenvalue weighted by atomic mass is 10.1. The summed E-state index contributed by atoms with van der Waals surface area (Å²) in [5, 5.41) is 8.88. The van der Waals surface area contributed by atoms with Gasteiger partial charge in [0.2, 0.25) is 0 Å². The van der Waals surface area contributed by atoms with E-state index >= 15 is 0 Å². The van der Waals surface area contributed by atoms with Gasteiger partial charge >= 0.3 is 5.97 Å². The van der Waals surface area contributed by atoms with Gasteiger partial charge in [0.15, 0.2) is 0 Å². The molecule has 0 bridgehead atoms. The van der Waals surface area contributed by atoms with Crippen LogP contribution in [0.4, 0.5) is 0 Å². The van der Waals surface area contributed by atoms with Crippen LogP contribution in [-0.2, 0) is 4.74 Å². The Morgan fingerprint density at radius 2 is 2.33 bits per heavy atom. The van der Waals surface area contributed by atoms with Gasteiger partial charge < -0.3 is 4.74 Å². The van der Waals surface area contributed by atoms with Gasteiger partial charge in [0, 0.05) is 8.47 Å². The largest absolute Gasteiger partial charge is 0.462 e. The molecule has 0 saturated heterocycles. The van der Waals surface area contributed by atoms with Crippen molar-refractivity contribution in [1.29, 1.82) is 5.26 Å². The number of halogens is 1. The number of hydrogen-bond donors (Lipinski definition) is 1. The summed E-state index contributed by atoms with van der Waals surface area (Å²) in [6.45, 7) is 2.06. The molecule has 0 radical (unpaired) electrons. The van der Waals surface area contributed by atoms with Gasteiger partial charge in [-0.2, -0.15) is 5.26 Å². The minimum Gasteiger partial charge on any atom is -0.462 e. The molecule has 0 unspecified atom stereocenters. The molecule has 0 aliphatic carbocycles. The first-order valence-corrected chi connectivity index (χ1v) is 5.73. The first kappa shape index (κ1) is 12.3. The molecule has 0 atom stereocenters. The third-order valence-electron chi connectivity index (χ3n) is 1.73. The average Bonchev–Trinajstić information content (AvgIpc) is 2.18. The van der Waals surface area contributed by atoms with Crippen LogP contribution < -0.4 is 0 Å². The number of benzene rings is 1. The zero-order chi connectivity index (χ0) is 11.4. The molecule has 3 nitrogen and oxygen atoms in total. The normalized spacial score (nSPS) is 9.47. The van der Waals surface area contributed by atoms with Crippen molar-refractivity contribution in [2.75, 3.05) is 6.61 Å². The quantitative estimate of drug-likeness (QED) is 0.514.